The number of benzene rings is 2. The molecule has 0 fully saturated rings. The number of nitrogens with zero attached hydrogens (tertiary/aromatic N) is 2. The Morgan fingerprint density at radius 2 is 1.76 bits per heavy atom. The number of anilines is 1. The molecule has 1 aromatic heterocycles. The van der Waals surface area contributed by atoms with Gasteiger partial charge in [0.15, 0.2) is 0 Å². The van der Waals surface area contributed by atoms with Gasteiger partial charge in [-0.05, 0) is 36.4 Å². The maximum absolute atomic E-state index is 12.4. The molecule has 1 heterocycles. The van der Waals surface area contributed by atoms with Gasteiger partial charge in [-0.25, -0.2) is 4.68 Å². The van der Waals surface area contributed by atoms with Gasteiger partial charge >= 0.3 is 0 Å². The van der Waals surface area contributed by atoms with E-state index in [1.165, 1.54) is 0 Å². The van der Waals surface area contributed by atoms with Gasteiger partial charge in [0, 0.05) is 35.8 Å². The molecule has 29 heavy (non-hydrogen) atoms. The zero-order valence-electron chi connectivity index (χ0n) is 17.0. The van der Waals surface area contributed by atoms with E-state index in [9.17, 15) is 9.59 Å². The number of para-hydroxylation sites is 1. The fourth-order valence-electron chi connectivity index (χ4n) is 2.68. The zero-order chi connectivity index (χ0) is 20.9. The van der Waals surface area contributed by atoms with Crippen LogP contribution in [0.15, 0.2) is 66.9 Å². The van der Waals surface area contributed by atoms with Gasteiger partial charge in [0.2, 0.25) is 5.91 Å². The van der Waals surface area contributed by atoms with Gasteiger partial charge in [-0.3, -0.25) is 9.59 Å². The summed E-state index contributed by atoms with van der Waals surface area (Å²) < 4.78 is 1.82. The van der Waals surface area contributed by atoms with Crippen LogP contribution in [-0.2, 0) is 11.2 Å². The van der Waals surface area contributed by atoms with Crippen LogP contribution in [0.4, 0.5) is 5.69 Å². The number of carbonyl (C=O) groups excluding carboxylic acids is 2. The highest BCUT2D eigenvalue weighted by Gasteiger charge is 2.21. The van der Waals surface area contributed by atoms with Gasteiger partial charge < -0.3 is 10.6 Å². The fraction of sp³-hybridized carbons (Fsp3) is 0.261. The highest BCUT2D eigenvalue weighted by atomic mass is 16.2. The van der Waals surface area contributed by atoms with Crippen molar-refractivity contribution in [1.82, 2.24) is 15.1 Å². The Kier molecular flexibility index (Phi) is 6.12. The van der Waals surface area contributed by atoms with Crippen LogP contribution >= 0.6 is 0 Å². The normalized spacial score (nSPS) is 11.1. The van der Waals surface area contributed by atoms with Crippen molar-refractivity contribution in [3.05, 3.63) is 78.1 Å². The lowest BCUT2D eigenvalue weighted by molar-refractivity contribution is -0.123. The van der Waals surface area contributed by atoms with Gasteiger partial charge in [0.05, 0.1) is 11.4 Å². The third-order valence-electron chi connectivity index (χ3n) is 4.40. The van der Waals surface area contributed by atoms with Gasteiger partial charge in [-0.1, -0.05) is 45.0 Å². The molecule has 0 spiro atoms. The van der Waals surface area contributed by atoms with Crippen LogP contribution in [0.3, 0.4) is 0 Å². The summed E-state index contributed by atoms with van der Waals surface area (Å²) in [7, 11) is 0. The summed E-state index contributed by atoms with van der Waals surface area (Å²) in [5, 5.41) is 10.3. The van der Waals surface area contributed by atoms with Crippen molar-refractivity contribution < 1.29 is 9.59 Å². The Labute approximate surface area is 170 Å². The molecule has 2 amide bonds. The highest BCUT2D eigenvalue weighted by molar-refractivity contribution is 5.98. The second kappa shape index (κ2) is 8.73. The van der Waals surface area contributed by atoms with E-state index < -0.39 is 5.41 Å². The van der Waals surface area contributed by atoms with E-state index in [0.29, 0.717) is 24.2 Å². The average Bonchev–Trinajstić information content (AvgIpc) is 3.17. The van der Waals surface area contributed by atoms with Crippen molar-refractivity contribution in [3.8, 4) is 5.69 Å². The minimum absolute atomic E-state index is 0.0935. The van der Waals surface area contributed by atoms with Crippen LogP contribution in [-0.4, -0.2) is 28.1 Å². The van der Waals surface area contributed by atoms with E-state index >= 15 is 0 Å². The van der Waals surface area contributed by atoms with Crippen molar-refractivity contribution >= 4 is 17.5 Å². The van der Waals surface area contributed by atoms with Crippen LogP contribution in [0, 0.1) is 5.41 Å². The molecule has 3 aromatic rings. The molecular formula is C23H26N4O2. The summed E-state index contributed by atoms with van der Waals surface area (Å²) in [6, 6.07) is 18.8. The van der Waals surface area contributed by atoms with Crippen LogP contribution < -0.4 is 10.6 Å². The smallest absolute Gasteiger partial charge is 0.251 e. The fourth-order valence-corrected chi connectivity index (χ4v) is 2.68. The Bertz CT molecular complexity index is 987. The Hall–Kier alpha value is -3.41. The van der Waals surface area contributed by atoms with E-state index in [0.717, 1.165) is 11.4 Å². The molecule has 0 aliphatic heterocycles. The standard InChI is InChI=1S/C23H26N4O2/c1-23(2,3)22(29)25-19-9-7-8-17(16-19)21(28)24-14-12-18-13-15-27(26-18)20-10-5-4-6-11-20/h4-11,13,15-16H,12,14H2,1-3H3,(H,24,28)(H,25,29). The van der Waals surface area contributed by atoms with Crippen molar-refractivity contribution in [2.45, 2.75) is 27.2 Å². The summed E-state index contributed by atoms with van der Waals surface area (Å²) in [6.07, 6.45) is 2.54. The molecule has 0 atom stereocenters. The van der Waals surface area contributed by atoms with Gasteiger partial charge in [0.1, 0.15) is 0 Å². The number of amides is 2. The SMILES string of the molecule is CC(C)(C)C(=O)Nc1cccc(C(=O)NCCc2ccn(-c3ccccc3)n2)c1. The second-order valence-electron chi connectivity index (χ2n) is 7.88. The molecule has 0 aliphatic carbocycles. The molecule has 0 saturated heterocycles. The molecule has 150 valence electrons. The van der Waals surface area contributed by atoms with E-state index in [1.54, 1.807) is 24.3 Å². The van der Waals surface area contributed by atoms with E-state index in [-0.39, 0.29) is 11.8 Å². The monoisotopic (exact) mass is 390 g/mol. The number of hydrogen-bond acceptors (Lipinski definition) is 3. The summed E-state index contributed by atoms with van der Waals surface area (Å²) in [6.45, 7) is 6.01. The van der Waals surface area contributed by atoms with Gasteiger partial charge in [-0.15, -0.1) is 0 Å². The zero-order valence-corrected chi connectivity index (χ0v) is 17.0. The van der Waals surface area contributed by atoms with Crippen molar-refractivity contribution in [2.75, 3.05) is 11.9 Å². The Morgan fingerprint density at radius 3 is 2.48 bits per heavy atom. The lowest BCUT2D eigenvalue weighted by atomic mass is 9.95. The van der Waals surface area contributed by atoms with Crippen LogP contribution in [0.2, 0.25) is 0 Å². The van der Waals surface area contributed by atoms with E-state index in [4.69, 9.17) is 0 Å². The predicted octanol–water partition coefficient (Wildman–Crippen LogP) is 3.83. The molecule has 0 bridgehead atoms. The Morgan fingerprint density at radius 1 is 1.00 bits per heavy atom. The summed E-state index contributed by atoms with van der Waals surface area (Å²) in [4.78, 5) is 24.6. The minimum Gasteiger partial charge on any atom is -0.352 e. The number of carbonyl (C=O) groups is 2. The molecule has 6 heteroatoms. The first-order valence-electron chi connectivity index (χ1n) is 9.62. The summed E-state index contributed by atoms with van der Waals surface area (Å²) >= 11 is 0. The lowest BCUT2D eigenvalue weighted by Gasteiger charge is -2.18. The average molecular weight is 390 g/mol. The predicted molar refractivity (Wildman–Crippen MR) is 114 cm³/mol. The molecule has 0 saturated carbocycles. The Balaban J connectivity index is 1.54. The van der Waals surface area contributed by atoms with E-state index in [2.05, 4.69) is 15.7 Å². The van der Waals surface area contributed by atoms with Crippen LogP contribution in [0.5, 0.6) is 0 Å². The molecule has 2 aromatic carbocycles. The molecule has 0 unspecified atom stereocenters. The highest BCUT2D eigenvalue weighted by Crippen LogP contribution is 2.18. The van der Waals surface area contributed by atoms with Crippen LogP contribution in [0.25, 0.3) is 5.69 Å². The number of hydrogen-bond donors (Lipinski definition) is 2. The topological polar surface area (TPSA) is 76.0 Å². The first kappa shape index (κ1) is 20.3. The largest absolute Gasteiger partial charge is 0.352 e. The summed E-state index contributed by atoms with van der Waals surface area (Å²) in [5.74, 6) is -0.275. The number of rotatable bonds is 6. The minimum atomic E-state index is -0.499. The third kappa shape index (κ3) is 5.54. The lowest BCUT2D eigenvalue weighted by Crippen LogP contribution is -2.28. The molecular weight excluding hydrogens is 364 g/mol. The van der Waals surface area contributed by atoms with Crippen molar-refractivity contribution in [2.24, 2.45) is 5.41 Å². The summed E-state index contributed by atoms with van der Waals surface area (Å²) in [5.41, 5.74) is 2.52. The van der Waals surface area contributed by atoms with Crippen molar-refractivity contribution in [3.63, 3.8) is 0 Å². The number of aromatic nitrogens is 2. The van der Waals surface area contributed by atoms with E-state index in [1.807, 2.05) is 68.0 Å². The maximum Gasteiger partial charge on any atom is 0.251 e. The third-order valence-corrected chi connectivity index (χ3v) is 4.40. The number of nitrogens with one attached hydrogen (secondary N) is 2. The quantitative estimate of drug-likeness (QED) is 0.672. The van der Waals surface area contributed by atoms with Crippen LogP contribution in [0.1, 0.15) is 36.8 Å². The molecule has 0 radical (unpaired) electrons. The first-order chi connectivity index (χ1) is 13.8. The molecule has 0 aliphatic rings. The second-order valence-corrected chi connectivity index (χ2v) is 7.88. The van der Waals surface area contributed by atoms with Crippen molar-refractivity contribution in [1.29, 1.82) is 0 Å². The van der Waals surface area contributed by atoms with Gasteiger partial charge in [0.25, 0.3) is 5.91 Å². The molecule has 3 rings (SSSR count). The maximum atomic E-state index is 12.4. The first-order valence-corrected chi connectivity index (χ1v) is 9.62. The molecule has 6 nitrogen and oxygen atoms in total. The van der Waals surface area contributed by atoms with Gasteiger partial charge in [-0.2, -0.15) is 5.10 Å². The molecule has 2 N–H and O–H groups in total.